The molecule has 0 bridgehead atoms. The van der Waals surface area contributed by atoms with Crippen LogP contribution in [-0.2, 0) is 0 Å². The number of carbonyl (C=O) groups is 1. The SMILES string of the molecule is NCCOc1cc(F)cc(F)c1C(=O)O. The van der Waals surface area contributed by atoms with E-state index in [2.05, 4.69) is 0 Å². The van der Waals surface area contributed by atoms with Crippen LogP contribution in [0.2, 0.25) is 0 Å². The molecule has 1 rings (SSSR count). The Morgan fingerprint density at radius 1 is 1.47 bits per heavy atom. The molecule has 3 N–H and O–H groups in total. The summed E-state index contributed by atoms with van der Waals surface area (Å²) in [5.41, 5.74) is 4.43. The van der Waals surface area contributed by atoms with Gasteiger partial charge in [0.1, 0.15) is 29.6 Å². The highest BCUT2D eigenvalue weighted by atomic mass is 19.1. The number of halogens is 2. The van der Waals surface area contributed by atoms with E-state index in [0.717, 1.165) is 6.07 Å². The number of carboxylic acids is 1. The Labute approximate surface area is 84.3 Å². The van der Waals surface area contributed by atoms with Gasteiger partial charge in [0.15, 0.2) is 0 Å². The van der Waals surface area contributed by atoms with Crippen molar-refractivity contribution >= 4 is 5.97 Å². The predicted molar refractivity (Wildman–Crippen MR) is 47.9 cm³/mol. The van der Waals surface area contributed by atoms with Crippen molar-refractivity contribution in [3.63, 3.8) is 0 Å². The van der Waals surface area contributed by atoms with Crippen molar-refractivity contribution in [1.82, 2.24) is 0 Å². The third-order valence-electron chi connectivity index (χ3n) is 1.61. The standard InChI is InChI=1S/C9H9F2NO3/c10-5-3-6(11)8(9(13)14)7(4-5)15-2-1-12/h3-4H,1-2,12H2,(H,13,14). The van der Waals surface area contributed by atoms with E-state index < -0.39 is 23.2 Å². The van der Waals surface area contributed by atoms with Gasteiger partial charge in [0.25, 0.3) is 0 Å². The number of benzene rings is 1. The molecule has 0 aliphatic heterocycles. The first-order valence-electron chi connectivity index (χ1n) is 4.11. The molecule has 0 heterocycles. The van der Waals surface area contributed by atoms with Crippen molar-refractivity contribution in [1.29, 1.82) is 0 Å². The highest BCUT2D eigenvalue weighted by Crippen LogP contribution is 2.23. The quantitative estimate of drug-likeness (QED) is 0.789. The Morgan fingerprint density at radius 2 is 2.13 bits per heavy atom. The maximum atomic E-state index is 13.1. The zero-order valence-corrected chi connectivity index (χ0v) is 7.67. The molecule has 0 fully saturated rings. The molecule has 0 atom stereocenters. The van der Waals surface area contributed by atoms with Crippen LogP contribution in [-0.4, -0.2) is 24.2 Å². The van der Waals surface area contributed by atoms with E-state index in [0.29, 0.717) is 6.07 Å². The number of hydrogen-bond donors (Lipinski definition) is 2. The van der Waals surface area contributed by atoms with E-state index in [1.807, 2.05) is 0 Å². The normalized spacial score (nSPS) is 10.1. The van der Waals surface area contributed by atoms with Crippen LogP contribution in [0.5, 0.6) is 5.75 Å². The smallest absolute Gasteiger partial charge is 0.342 e. The number of ether oxygens (including phenoxy) is 1. The Morgan fingerprint density at radius 3 is 2.67 bits per heavy atom. The minimum Gasteiger partial charge on any atom is -0.491 e. The molecule has 1 aromatic rings. The van der Waals surface area contributed by atoms with Crippen LogP contribution in [0.15, 0.2) is 12.1 Å². The summed E-state index contributed by atoms with van der Waals surface area (Å²) in [6.07, 6.45) is 0. The highest BCUT2D eigenvalue weighted by molar-refractivity contribution is 5.91. The molecule has 1 aromatic carbocycles. The van der Waals surface area contributed by atoms with Gasteiger partial charge in [-0.1, -0.05) is 0 Å². The minimum atomic E-state index is -1.51. The van der Waals surface area contributed by atoms with Gasteiger partial charge in [-0.25, -0.2) is 13.6 Å². The zero-order valence-electron chi connectivity index (χ0n) is 7.67. The summed E-state index contributed by atoms with van der Waals surface area (Å²) in [5.74, 6) is -3.94. The van der Waals surface area contributed by atoms with Crippen molar-refractivity contribution in [2.45, 2.75) is 0 Å². The molecular weight excluding hydrogens is 208 g/mol. The van der Waals surface area contributed by atoms with E-state index in [4.69, 9.17) is 15.6 Å². The first-order valence-corrected chi connectivity index (χ1v) is 4.11. The first kappa shape index (κ1) is 11.4. The van der Waals surface area contributed by atoms with Crippen molar-refractivity contribution < 1.29 is 23.4 Å². The average molecular weight is 217 g/mol. The van der Waals surface area contributed by atoms with Gasteiger partial charge in [0.2, 0.25) is 0 Å². The van der Waals surface area contributed by atoms with Crippen LogP contribution in [0.3, 0.4) is 0 Å². The molecule has 0 amide bonds. The lowest BCUT2D eigenvalue weighted by Crippen LogP contribution is -2.13. The summed E-state index contributed by atoms with van der Waals surface area (Å²) >= 11 is 0. The lowest BCUT2D eigenvalue weighted by atomic mass is 10.2. The van der Waals surface area contributed by atoms with Gasteiger partial charge in [-0.3, -0.25) is 0 Å². The van der Waals surface area contributed by atoms with Crippen molar-refractivity contribution in [3.8, 4) is 5.75 Å². The molecule has 4 nitrogen and oxygen atoms in total. The number of aromatic carboxylic acids is 1. The van der Waals surface area contributed by atoms with Crippen LogP contribution in [0.1, 0.15) is 10.4 Å². The highest BCUT2D eigenvalue weighted by Gasteiger charge is 2.18. The van der Waals surface area contributed by atoms with Crippen molar-refractivity contribution in [3.05, 3.63) is 29.3 Å². The summed E-state index contributed by atoms with van der Waals surface area (Å²) in [7, 11) is 0. The molecule has 6 heteroatoms. The number of carboxylic acid groups (broad SMARTS) is 1. The van der Waals surface area contributed by atoms with E-state index in [1.54, 1.807) is 0 Å². The zero-order chi connectivity index (χ0) is 11.4. The van der Waals surface area contributed by atoms with Crippen LogP contribution < -0.4 is 10.5 Å². The molecule has 0 aromatic heterocycles. The molecule has 0 radical (unpaired) electrons. The van der Waals surface area contributed by atoms with Crippen LogP contribution >= 0.6 is 0 Å². The van der Waals surface area contributed by atoms with E-state index in [1.165, 1.54) is 0 Å². The monoisotopic (exact) mass is 217 g/mol. The molecule has 0 spiro atoms. The predicted octanol–water partition coefficient (Wildman–Crippen LogP) is 1.00. The summed E-state index contributed by atoms with van der Waals surface area (Å²) in [6, 6.07) is 1.29. The molecule has 0 saturated heterocycles. The number of nitrogens with two attached hydrogens (primary N) is 1. The van der Waals surface area contributed by atoms with Crippen LogP contribution in [0, 0.1) is 11.6 Å². The third-order valence-corrected chi connectivity index (χ3v) is 1.61. The second-order valence-corrected chi connectivity index (χ2v) is 2.70. The summed E-state index contributed by atoms with van der Waals surface area (Å²) in [5, 5.41) is 8.66. The fourth-order valence-electron chi connectivity index (χ4n) is 1.04. The number of hydrogen-bond acceptors (Lipinski definition) is 3. The van der Waals surface area contributed by atoms with Gasteiger partial charge in [-0.2, -0.15) is 0 Å². The van der Waals surface area contributed by atoms with Gasteiger partial charge in [-0.05, 0) is 0 Å². The maximum Gasteiger partial charge on any atom is 0.342 e. The molecule has 0 aliphatic carbocycles. The fourth-order valence-corrected chi connectivity index (χ4v) is 1.04. The lowest BCUT2D eigenvalue weighted by molar-refractivity contribution is 0.0687. The van der Waals surface area contributed by atoms with Crippen LogP contribution in [0.25, 0.3) is 0 Å². The largest absolute Gasteiger partial charge is 0.491 e. The summed E-state index contributed by atoms with van der Waals surface area (Å²) < 4.78 is 30.6. The maximum absolute atomic E-state index is 13.1. The minimum absolute atomic E-state index is 0.0107. The molecular formula is C9H9F2NO3. The van der Waals surface area contributed by atoms with E-state index in [9.17, 15) is 13.6 Å². The Kier molecular flexibility index (Phi) is 3.56. The topological polar surface area (TPSA) is 72.5 Å². The average Bonchev–Trinajstić information content (AvgIpc) is 2.12. The molecule has 0 aliphatic rings. The van der Waals surface area contributed by atoms with E-state index in [-0.39, 0.29) is 18.9 Å². The van der Waals surface area contributed by atoms with Crippen LogP contribution in [0.4, 0.5) is 8.78 Å². The second kappa shape index (κ2) is 4.70. The van der Waals surface area contributed by atoms with Gasteiger partial charge in [0, 0.05) is 18.7 Å². The Balaban J connectivity index is 3.14. The lowest BCUT2D eigenvalue weighted by Gasteiger charge is -2.08. The molecule has 0 saturated carbocycles. The van der Waals surface area contributed by atoms with E-state index >= 15 is 0 Å². The van der Waals surface area contributed by atoms with Crippen molar-refractivity contribution in [2.24, 2.45) is 5.73 Å². The van der Waals surface area contributed by atoms with Gasteiger partial charge < -0.3 is 15.6 Å². The molecule has 82 valence electrons. The Hall–Kier alpha value is -1.69. The van der Waals surface area contributed by atoms with Gasteiger partial charge in [0.05, 0.1) is 0 Å². The third kappa shape index (κ3) is 2.63. The fraction of sp³-hybridized carbons (Fsp3) is 0.222. The summed E-state index contributed by atoms with van der Waals surface area (Å²) in [4.78, 5) is 10.6. The molecule has 0 unspecified atom stereocenters. The first-order chi connectivity index (χ1) is 7.06. The van der Waals surface area contributed by atoms with Crippen molar-refractivity contribution in [2.75, 3.05) is 13.2 Å². The summed E-state index contributed by atoms with van der Waals surface area (Å²) in [6.45, 7) is 0.111. The van der Waals surface area contributed by atoms with Gasteiger partial charge >= 0.3 is 5.97 Å². The Bertz CT molecular complexity index is 382. The second-order valence-electron chi connectivity index (χ2n) is 2.70. The molecule has 15 heavy (non-hydrogen) atoms. The number of rotatable bonds is 4. The van der Waals surface area contributed by atoms with Gasteiger partial charge in [-0.15, -0.1) is 0 Å².